The second-order valence-corrected chi connectivity index (χ2v) is 7.81. The molecule has 0 saturated carbocycles. The summed E-state index contributed by atoms with van der Waals surface area (Å²) in [5.74, 6) is -0.412. The van der Waals surface area contributed by atoms with E-state index in [-0.39, 0.29) is 5.71 Å². The lowest BCUT2D eigenvalue weighted by molar-refractivity contribution is -0.129. The summed E-state index contributed by atoms with van der Waals surface area (Å²) in [5, 5.41) is 15.8. The summed E-state index contributed by atoms with van der Waals surface area (Å²) in [6.07, 6.45) is -0.495. The van der Waals surface area contributed by atoms with Crippen LogP contribution in [0.3, 0.4) is 0 Å². The average molecular weight is 433 g/mol. The van der Waals surface area contributed by atoms with Gasteiger partial charge in [0, 0.05) is 10.9 Å². The molecular formula is C24H20N2O4S. The Kier molecular flexibility index (Phi) is 6.24. The van der Waals surface area contributed by atoms with Gasteiger partial charge in [-0.15, -0.1) is 11.3 Å². The van der Waals surface area contributed by atoms with E-state index in [4.69, 9.17) is 14.7 Å². The summed E-state index contributed by atoms with van der Waals surface area (Å²) in [5.41, 5.74) is 2.53. The van der Waals surface area contributed by atoms with Crippen molar-refractivity contribution in [2.45, 2.75) is 19.6 Å². The summed E-state index contributed by atoms with van der Waals surface area (Å²) in [6, 6.07) is 23.3. The van der Waals surface area contributed by atoms with Gasteiger partial charge in [0.25, 0.3) is 0 Å². The van der Waals surface area contributed by atoms with Crippen molar-refractivity contribution in [2.75, 3.05) is 0 Å². The van der Waals surface area contributed by atoms with E-state index in [1.165, 1.54) is 18.3 Å². The van der Waals surface area contributed by atoms with Gasteiger partial charge >= 0.3 is 5.97 Å². The molecule has 2 aromatic heterocycles. The van der Waals surface area contributed by atoms with Crippen molar-refractivity contribution in [1.82, 2.24) is 4.98 Å². The number of aliphatic carboxylic acids is 1. The standard InChI is InChI=1S/C24H20N2O4S/c1-16(24(27)28)26-30-23(22-7-4-14-31-22)18-9-12-20(13-10-18)29-15-19-11-8-17-5-2-3-6-21(17)25-19/h2-14,23H,15H2,1H3,(H,27,28)/b26-16+. The van der Waals surface area contributed by atoms with Crippen LogP contribution in [0.1, 0.15) is 29.2 Å². The number of aromatic nitrogens is 1. The lowest BCUT2D eigenvalue weighted by Crippen LogP contribution is -2.10. The zero-order valence-electron chi connectivity index (χ0n) is 16.8. The van der Waals surface area contributed by atoms with Crippen LogP contribution in [-0.4, -0.2) is 21.8 Å². The molecular weight excluding hydrogens is 412 g/mol. The van der Waals surface area contributed by atoms with Gasteiger partial charge in [0.2, 0.25) is 0 Å². The topological polar surface area (TPSA) is 81.0 Å². The molecule has 0 amide bonds. The molecule has 0 aliphatic heterocycles. The first-order valence-corrected chi connectivity index (χ1v) is 10.5. The second kappa shape index (κ2) is 9.40. The number of rotatable bonds is 8. The average Bonchev–Trinajstić information content (AvgIpc) is 3.33. The Morgan fingerprint density at radius 2 is 1.87 bits per heavy atom. The van der Waals surface area contributed by atoms with Crippen molar-refractivity contribution in [1.29, 1.82) is 0 Å². The van der Waals surface area contributed by atoms with Crippen LogP contribution in [0.2, 0.25) is 0 Å². The number of benzene rings is 2. The molecule has 0 fully saturated rings. The van der Waals surface area contributed by atoms with Crippen LogP contribution >= 0.6 is 11.3 Å². The molecule has 4 aromatic rings. The molecule has 6 nitrogen and oxygen atoms in total. The van der Waals surface area contributed by atoms with Gasteiger partial charge in [-0.3, -0.25) is 0 Å². The number of pyridine rings is 1. The fraction of sp³-hybridized carbons (Fsp3) is 0.125. The van der Waals surface area contributed by atoms with Crippen LogP contribution in [-0.2, 0) is 16.2 Å². The Morgan fingerprint density at radius 3 is 2.61 bits per heavy atom. The van der Waals surface area contributed by atoms with E-state index in [2.05, 4.69) is 10.1 Å². The third kappa shape index (κ3) is 5.07. The summed E-state index contributed by atoms with van der Waals surface area (Å²) in [4.78, 5) is 22.1. The number of thiophene rings is 1. The van der Waals surface area contributed by atoms with E-state index in [9.17, 15) is 4.79 Å². The summed E-state index contributed by atoms with van der Waals surface area (Å²) >= 11 is 1.52. The van der Waals surface area contributed by atoms with Gasteiger partial charge in [-0.1, -0.05) is 47.6 Å². The molecule has 1 N–H and O–H groups in total. The van der Waals surface area contributed by atoms with Crippen LogP contribution in [0.5, 0.6) is 5.75 Å². The van der Waals surface area contributed by atoms with Crippen LogP contribution < -0.4 is 4.74 Å². The fourth-order valence-electron chi connectivity index (χ4n) is 2.97. The van der Waals surface area contributed by atoms with Crippen molar-refractivity contribution >= 4 is 33.9 Å². The van der Waals surface area contributed by atoms with Crippen molar-refractivity contribution in [3.8, 4) is 5.75 Å². The number of oxime groups is 1. The highest BCUT2D eigenvalue weighted by molar-refractivity contribution is 7.10. The van der Waals surface area contributed by atoms with Gasteiger partial charge in [-0.2, -0.15) is 0 Å². The van der Waals surface area contributed by atoms with E-state index in [1.807, 2.05) is 78.2 Å². The Hall–Kier alpha value is -3.71. The lowest BCUT2D eigenvalue weighted by atomic mass is 10.1. The van der Waals surface area contributed by atoms with E-state index >= 15 is 0 Å². The summed E-state index contributed by atoms with van der Waals surface area (Å²) < 4.78 is 5.89. The van der Waals surface area contributed by atoms with Crippen molar-refractivity contribution in [3.05, 3.63) is 94.3 Å². The molecule has 156 valence electrons. The number of carboxylic acid groups (broad SMARTS) is 1. The molecule has 0 saturated heterocycles. The monoisotopic (exact) mass is 432 g/mol. The third-order valence-corrected chi connectivity index (χ3v) is 5.55. The molecule has 0 aliphatic rings. The highest BCUT2D eigenvalue weighted by atomic mass is 32.1. The molecule has 0 bridgehead atoms. The predicted molar refractivity (Wildman–Crippen MR) is 121 cm³/mol. The molecule has 1 unspecified atom stereocenters. The molecule has 7 heteroatoms. The first-order chi connectivity index (χ1) is 15.1. The molecule has 0 spiro atoms. The van der Waals surface area contributed by atoms with E-state index < -0.39 is 12.1 Å². The fourth-order valence-corrected chi connectivity index (χ4v) is 3.75. The van der Waals surface area contributed by atoms with E-state index in [0.29, 0.717) is 12.4 Å². The smallest absolute Gasteiger partial charge is 0.353 e. The number of carbonyl (C=O) groups is 1. The van der Waals surface area contributed by atoms with E-state index in [0.717, 1.165) is 27.0 Å². The van der Waals surface area contributed by atoms with Crippen LogP contribution in [0, 0.1) is 0 Å². The van der Waals surface area contributed by atoms with Gasteiger partial charge < -0.3 is 14.7 Å². The maximum atomic E-state index is 11.0. The van der Waals surface area contributed by atoms with Gasteiger partial charge in [-0.05, 0) is 42.6 Å². The normalized spacial score (nSPS) is 12.5. The summed E-state index contributed by atoms with van der Waals surface area (Å²) in [7, 11) is 0. The van der Waals surface area contributed by atoms with Crippen molar-refractivity contribution < 1.29 is 19.5 Å². The SMILES string of the molecule is C/C(=N\OC(c1ccc(OCc2ccc3ccccc3n2)cc1)c1cccs1)C(=O)O. The first-order valence-electron chi connectivity index (χ1n) is 9.65. The Balaban J connectivity index is 1.47. The highest BCUT2D eigenvalue weighted by Crippen LogP contribution is 2.31. The number of nitrogens with zero attached hydrogens (tertiary/aromatic N) is 2. The number of hydrogen-bond donors (Lipinski definition) is 1. The lowest BCUT2D eigenvalue weighted by Gasteiger charge is -2.15. The van der Waals surface area contributed by atoms with Crippen LogP contribution in [0.15, 0.2) is 83.3 Å². The second-order valence-electron chi connectivity index (χ2n) is 6.84. The zero-order valence-corrected chi connectivity index (χ0v) is 17.6. The highest BCUT2D eigenvalue weighted by Gasteiger charge is 2.18. The van der Waals surface area contributed by atoms with Crippen LogP contribution in [0.25, 0.3) is 10.9 Å². The molecule has 4 rings (SSSR count). The number of hydrogen-bond acceptors (Lipinski definition) is 6. The Morgan fingerprint density at radius 1 is 1.06 bits per heavy atom. The maximum Gasteiger partial charge on any atom is 0.353 e. The largest absolute Gasteiger partial charge is 0.487 e. The minimum absolute atomic E-state index is 0.107. The van der Waals surface area contributed by atoms with Gasteiger partial charge in [-0.25, -0.2) is 9.78 Å². The quantitative estimate of drug-likeness (QED) is 0.296. The predicted octanol–water partition coefficient (Wildman–Crippen LogP) is 5.44. The first kappa shape index (κ1) is 20.6. The van der Waals surface area contributed by atoms with Crippen molar-refractivity contribution in [3.63, 3.8) is 0 Å². The molecule has 2 heterocycles. The minimum atomic E-state index is -1.11. The number of carboxylic acids is 1. The van der Waals surface area contributed by atoms with Gasteiger partial charge in [0.15, 0.2) is 11.8 Å². The molecule has 0 radical (unpaired) electrons. The maximum absolute atomic E-state index is 11.0. The zero-order chi connectivity index (χ0) is 21.6. The van der Waals surface area contributed by atoms with E-state index in [1.54, 1.807) is 0 Å². The van der Waals surface area contributed by atoms with Gasteiger partial charge in [0.1, 0.15) is 12.4 Å². The number of para-hydroxylation sites is 1. The molecule has 2 aromatic carbocycles. The Bertz CT molecular complexity index is 1200. The number of ether oxygens (including phenoxy) is 1. The minimum Gasteiger partial charge on any atom is -0.487 e. The molecule has 0 aliphatic carbocycles. The summed E-state index contributed by atoms with van der Waals surface area (Å²) in [6.45, 7) is 1.75. The van der Waals surface area contributed by atoms with Crippen LogP contribution in [0.4, 0.5) is 0 Å². The Labute approximate surface area is 183 Å². The molecule has 1 atom stereocenters. The third-order valence-electron chi connectivity index (χ3n) is 4.63. The van der Waals surface area contributed by atoms with Gasteiger partial charge in [0.05, 0.1) is 16.1 Å². The van der Waals surface area contributed by atoms with Crippen molar-refractivity contribution in [2.24, 2.45) is 5.16 Å². The number of fused-ring (bicyclic) bond motifs is 1. The molecule has 31 heavy (non-hydrogen) atoms.